The molecule has 0 amide bonds. The van der Waals surface area contributed by atoms with Crippen LogP contribution in [0.4, 0.5) is 5.69 Å². The molecule has 0 aliphatic carbocycles. The van der Waals surface area contributed by atoms with E-state index in [4.69, 9.17) is 4.74 Å². The number of hydrogen-bond donors (Lipinski definition) is 0. The Kier molecular flexibility index (Phi) is 5.99. The van der Waals surface area contributed by atoms with Crippen LogP contribution >= 0.6 is 0 Å². The highest BCUT2D eigenvalue weighted by atomic mass is 16.5. The number of tetrazole rings is 1. The van der Waals surface area contributed by atoms with Gasteiger partial charge in [-0.25, -0.2) is 4.68 Å². The van der Waals surface area contributed by atoms with Crippen LogP contribution < -0.4 is 9.64 Å². The molecule has 0 radical (unpaired) electrons. The average Bonchev–Trinajstić information content (AvgIpc) is 3.19. The van der Waals surface area contributed by atoms with Gasteiger partial charge in [0.15, 0.2) is 5.82 Å². The van der Waals surface area contributed by atoms with E-state index in [1.54, 1.807) is 7.11 Å². The minimum atomic E-state index is -0.0747. The zero-order valence-electron chi connectivity index (χ0n) is 17.2. The Morgan fingerprint density at radius 2 is 1.89 bits per heavy atom. The second-order valence-electron chi connectivity index (χ2n) is 7.76. The number of piperazine rings is 1. The Morgan fingerprint density at radius 1 is 1.15 bits per heavy atom. The van der Waals surface area contributed by atoms with Crippen molar-refractivity contribution in [2.45, 2.75) is 52.1 Å². The molecule has 7 nitrogen and oxygen atoms in total. The minimum Gasteiger partial charge on any atom is -0.497 e. The van der Waals surface area contributed by atoms with Crippen LogP contribution in [0.2, 0.25) is 0 Å². The Hall–Kier alpha value is -2.15. The van der Waals surface area contributed by atoms with E-state index in [0.29, 0.717) is 0 Å². The molecule has 0 spiro atoms. The number of methoxy groups -OCH3 is 1. The average molecular weight is 373 g/mol. The van der Waals surface area contributed by atoms with Gasteiger partial charge in [0, 0.05) is 37.9 Å². The van der Waals surface area contributed by atoms with Crippen molar-refractivity contribution >= 4 is 5.69 Å². The van der Waals surface area contributed by atoms with Gasteiger partial charge < -0.3 is 9.64 Å². The van der Waals surface area contributed by atoms with E-state index in [2.05, 4.69) is 71.2 Å². The number of nitrogens with zero attached hydrogens (tertiary/aromatic N) is 6. The number of rotatable bonds is 7. The van der Waals surface area contributed by atoms with Crippen molar-refractivity contribution in [2.24, 2.45) is 0 Å². The summed E-state index contributed by atoms with van der Waals surface area (Å²) in [5.74, 6) is 1.89. The predicted octanol–water partition coefficient (Wildman–Crippen LogP) is 3.10. The molecule has 7 heteroatoms. The fourth-order valence-corrected chi connectivity index (χ4v) is 3.69. The van der Waals surface area contributed by atoms with Gasteiger partial charge in [-0.3, -0.25) is 4.90 Å². The second-order valence-corrected chi connectivity index (χ2v) is 7.76. The smallest absolute Gasteiger partial charge is 0.168 e. The lowest BCUT2D eigenvalue weighted by Crippen LogP contribution is -2.48. The summed E-state index contributed by atoms with van der Waals surface area (Å²) in [5.41, 5.74) is 1.15. The first-order chi connectivity index (χ1) is 13.0. The van der Waals surface area contributed by atoms with Crippen LogP contribution in [0.25, 0.3) is 0 Å². The van der Waals surface area contributed by atoms with Crippen LogP contribution in [-0.2, 0) is 5.54 Å². The molecule has 1 aliphatic rings. The number of ether oxygens (including phenoxy) is 1. The highest BCUT2D eigenvalue weighted by Gasteiger charge is 2.32. The summed E-state index contributed by atoms with van der Waals surface area (Å²) in [5, 5.41) is 12.7. The molecule has 0 N–H and O–H groups in total. The van der Waals surface area contributed by atoms with Gasteiger partial charge in [0.05, 0.1) is 18.7 Å². The predicted molar refractivity (Wildman–Crippen MR) is 107 cm³/mol. The Morgan fingerprint density at radius 3 is 2.52 bits per heavy atom. The summed E-state index contributed by atoms with van der Waals surface area (Å²) in [6, 6.07) is 8.55. The number of benzene rings is 1. The fourth-order valence-electron chi connectivity index (χ4n) is 3.69. The van der Waals surface area contributed by atoms with Crippen molar-refractivity contribution < 1.29 is 4.74 Å². The molecular formula is C20H32N6O. The topological polar surface area (TPSA) is 59.3 Å². The van der Waals surface area contributed by atoms with Gasteiger partial charge in [0.1, 0.15) is 5.75 Å². The van der Waals surface area contributed by atoms with Crippen molar-refractivity contribution in [1.29, 1.82) is 0 Å². The Bertz CT molecular complexity index is 736. The molecule has 1 aliphatic heterocycles. The van der Waals surface area contributed by atoms with E-state index < -0.39 is 0 Å². The Balaban J connectivity index is 1.72. The van der Waals surface area contributed by atoms with Crippen LogP contribution in [0.3, 0.4) is 0 Å². The Labute approximate surface area is 162 Å². The first kappa shape index (κ1) is 19.6. The molecule has 0 bridgehead atoms. The molecule has 1 atom stereocenters. The monoisotopic (exact) mass is 372 g/mol. The first-order valence-corrected chi connectivity index (χ1v) is 9.92. The van der Waals surface area contributed by atoms with E-state index in [9.17, 15) is 0 Å². The van der Waals surface area contributed by atoms with E-state index in [0.717, 1.165) is 50.6 Å². The highest BCUT2D eigenvalue weighted by molar-refractivity contribution is 5.51. The summed E-state index contributed by atoms with van der Waals surface area (Å²) >= 11 is 0. The molecular weight excluding hydrogens is 340 g/mol. The standard InChI is InChI=1S/C20H32N6O/c1-6-18(19-21-22-23-26(19)20(3,4)7-2)25-13-11-24(12-14-25)16-9-8-10-17(15-16)27-5/h8-10,15,18H,6-7,11-14H2,1-5H3/t18-/m1/s1. The summed E-state index contributed by atoms with van der Waals surface area (Å²) in [6.07, 6.45) is 1.99. The molecule has 2 heterocycles. The van der Waals surface area contributed by atoms with Gasteiger partial charge >= 0.3 is 0 Å². The number of anilines is 1. The van der Waals surface area contributed by atoms with E-state index in [1.807, 2.05) is 10.7 Å². The van der Waals surface area contributed by atoms with Crippen LogP contribution in [-0.4, -0.2) is 58.4 Å². The fraction of sp³-hybridized carbons (Fsp3) is 0.650. The lowest BCUT2D eigenvalue weighted by molar-refractivity contribution is 0.158. The van der Waals surface area contributed by atoms with Crippen LogP contribution in [0.5, 0.6) is 5.75 Å². The molecule has 27 heavy (non-hydrogen) atoms. The molecule has 1 aromatic heterocycles. The summed E-state index contributed by atoms with van der Waals surface area (Å²) < 4.78 is 7.39. The summed E-state index contributed by atoms with van der Waals surface area (Å²) in [7, 11) is 1.71. The van der Waals surface area contributed by atoms with E-state index >= 15 is 0 Å². The van der Waals surface area contributed by atoms with Gasteiger partial charge in [-0.2, -0.15) is 0 Å². The van der Waals surface area contributed by atoms with Crippen molar-refractivity contribution in [2.75, 3.05) is 38.2 Å². The zero-order chi connectivity index (χ0) is 19.4. The van der Waals surface area contributed by atoms with Crippen molar-refractivity contribution in [3.05, 3.63) is 30.1 Å². The maximum atomic E-state index is 5.36. The first-order valence-electron chi connectivity index (χ1n) is 9.92. The van der Waals surface area contributed by atoms with Gasteiger partial charge in [-0.1, -0.05) is 19.9 Å². The molecule has 0 saturated carbocycles. The molecule has 1 fully saturated rings. The van der Waals surface area contributed by atoms with Gasteiger partial charge in [0.25, 0.3) is 0 Å². The lowest BCUT2D eigenvalue weighted by atomic mass is 10.0. The maximum Gasteiger partial charge on any atom is 0.168 e. The van der Waals surface area contributed by atoms with E-state index in [-0.39, 0.29) is 11.6 Å². The highest BCUT2D eigenvalue weighted by Crippen LogP contribution is 2.29. The molecule has 0 unspecified atom stereocenters. The van der Waals surface area contributed by atoms with Gasteiger partial charge in [-0.05, 0) is 49.2 Å². The van der Waals surface area contributed by atoms with E-state index in [1.165, 1.54) is 5.69 Å². The largest absolute Gasteiger partial charge is 0.497 e. The van der Waals surface area contributed by atoms with Crippen LogP contribution in [0, 0.1) is 0 Å². The number of aromatic nitrogens is 4. The third kappa shape index (κ3) is 4.08. The normalized spacial score (nSPS) is 17.1. The summed E-state index contributed by atoms with van der Waals surface area (Å²) in [4.78, 5) is 4.94. The van der Waals surface area contributed by atoms with Gasteiger partial charge in [0.2, 0.25) is 0 Å². The third-order valence-corrected chi connectivity index (χ3v) is 5.79. The second kappa shape index (κ2) is 8.25. The van der Waals surface area contributed by atoms with Crippen molar-refractivity contribution in [1.82, 2.24) is 25.1 Å². The van der Waals surface area contributed by atoms with Crippen molar-refractivity contribution in [3.63, 3.8) is 0 Å². The van der Waals surface area contributed by atoms with Crippen LogP contribution in [0.15, 0.2) is 24.3 Å². The minimum absolute atomic E-state index is 0.0747. The third-order valence-electron chi connectivity index (χ3n) is 5.79. The zero-order valence-corrected chi connectivity index (χ0v) is 17.2. The quantitative estimate of drug-likeness (QED) is 0.744. The molecule has 148 valence electrons. The van der Waals surface area contributed by atoms with Crippen molar-refractivity contribution in [3.8, 4) is 5.75 Å². The SMILES string of the molecule is CC[C@H](c1nnnn1C(C)(C)CC)N1CCN(c2cccc(OC)c2)CC1. The lowest BCUT2D eigenvalue weighted by Gasteiger charge is -2.40. The molecule has 1 saturated heterocycles. The van der Waals surface area contributed by atoms with Crippen LogP contribution in [0.1, 0.15) is 52.4 Å². The summed E-state index contributed by atoms with van der Waals surface area (Å²) in [6.45, 7) is 12.8. The molecule has 3 rings (SSSR count). The number of hydrogen-bond acceptors (Lipinski definition) is 6. The maximum absolute atomic E-state index is 5.36. The van der Waals surface area contributed by atoms with Gasteiger partial charge in [-0.15, -0.1) is 5.10 Å². The molecule has 1 aromatic carbocycles. The molecule has 2 aromatic rings.